The predicted octanol–water partition coefficient (Wildman–Crippen LogP) is 0.917. The minimum atomic E-state index is -1.77. The molecule has 7 heteroatoms. The minimum Gasteiger partial charge on any atom is -0.359 e. The lowest BCUT2D eigenvalue weighted by Crippen LogP contribution is -2.39. The van der Waals surface area contributed by atoms with Crippen molar-refractivity contribution in [1.29, 1.82) is 0 Å². The van der Waals surface area contributed by atoms with Gasteiger partial charge in [0.1, 0.15) is 4.58 Å². The van der Waals surface area contributed by atoms with E-state index in [1.54, 1.807) is 0 Å². The van der Waals surface area contributed by atoms with Gasteiger partial charge in [0.25, 0.3) is 0 Å². The number of nitrogens with one attached hydrogen (secondary N) is 2. The molecule has 0 spiro atoms. The van der Waals surface area contributed by atoms with Crippen LogP contribution in [0.25, 0.3) is 0 Å². The van der Waals surface area contributed by atoms with Crippen LogP contribution >= 0.6 is 24.0 Å². The summed E-state index contributed by atoms with van der Waals surface area (Å²) in [5.41, 5.74) is 0.941. The van der Waals surface area contributed by atoms with Gasteiger partial charge < -0.3 is 15.2 Å². The van der Waals surface area contributed by atoms with Crippen LogP contribution in [0.4, 0.5) is 0 Å². The van der Waals surface area contributed by atoms with Crippen LogP contribution in [0.15, 0.2) is 22.8 Å². The van der Waals surface area contributed by atoms with Crippen molar-refractivity contribution in [2.24, 2.45) is 0 Å². The van der Waals surface area contributed by atoms with E-state index in [0.29, 0.717) is 18.1 Å². The second kappa shape index (κ2) is 4.65. The third kappa shape index (κ3) is 2.60. The number of hydrogen-bond donors (Lipinski definition) is 3. The second-order valence-electron chi connectivity index (χ2n) is 3.08. The summed E-state index contributed by atoms with van der Waals surface area (Å²) in [5.74, 6) is 0. The Balaban J connectivity index is 2.04. The van der Waals surface area contributed by atoms with E-state index < -0.39 is 11.1 Å². The van der Waals surface area contributed by atoms with Gasteiger partial charge in [0.05, 0.1) is 5.70 Å². The fraction of sp³-hybridized carbons (Fsp3) is 0.375. The largest absolute Gasteiger partial charge is 0.359 e. The van der Waals surface area contributed by atoms with Crippen molar-refractivity contribution in [3.8, 4) is 0 Å². The zero-order chi connectivity index (χ0) is 10.8. The summed E-state index contributed by atoms with van der Waals surface area (Å²) in [7, 11) is 0. The summed E-state index contributed by atoms with van der Waals surface area (Å²) in [5, 5.41) is 6.60. The molecule has 0 fully saturated rings. The monoisotopic (exact) mass is 262 g/mol. The van der Waals surface area contributed by atoms with Gasteiger partial charge in [0.2, 0.25) is 0 Å². The van der Waals surface area contributed by atoms with Crippen molar-refractivity contribution in [2.45, 2.75) is 11.0 Å². The Bertz CT molecular complexity index is 378. The third-order valence-corrected chi connectivity index (χ3v) is 4.83. The molecule has 0 aliphatic carbocycles. The molecule has 4 nitrogen and oxygen atoms in total. The maximum atomic E-state index is 10.9. The molecule has 0 amide bonds. The Hall–Kier alpha value is -0.370. The molecule has 0 aromatic carbocycles. The normalized spacial score (nSPS) is 27.5. The molecule has 0 radical (unpaired) electrons. The number of rotatable bonds is 2. The first-order valence-corrected chi connectivity index (χ1v) is 6.84. The lowest BCUT2D eigenvalue weighted by atomic mass is 10.3. The fourth-order valence-corrected chi connectivity index (χ4v) is 3.39. The van der Waals surface area contributed by atoms with Gasteiger partial charge in [-0.1, -0.05) is 6.08 Å². The average Bonchev–Trinajstić information content (AvgIpc) is 2.66. The van der Waals surface area contributed by atoms with E-state index in [-0.39, 0.29) is 4.58 Å². The van der Waals surface area contributed by atoms with Gasteiger partial charge in [-0.25, -0.2) is 4.21 Å². The lowest BCUT2D eigenvalue weighted by Gasteiger charge is -2.18. The van der Waals surface area contributed by atoms with E-state index in [1.165, 1.54) is 11.8 Å². The van der Waals surface area contributed by atoms with Gasteiger partial charge in [-0.2, -0.15) is 0 Å². The van der Waals surface area contributed by atoms with Crippen molar-refractivity contribution in [1.82, 2.24) is 10.6 Å². The first kappa shape index (κ1) is 11.1. The summed E-state index contributed by atoms with van der Waals surface area (Å²) < 4.78 is 19.6. The standard InChI is InChI=1S/C8H10N2O2S3/c11-15(12)7-2-1-6(14-7)5-3-4-9-8(13)10-5/h1,3,7H,2,4H2,(H,11,12)(H2,9,10,13). The van der Waals surface area contributed by atoms with Crippen LogP contribution in [0.5, 0.6) is 0 Å². The maximum absolute atomic E-state index is 10.9. The highest BCUT2D eigenvalue weighted by molar-refractivity contribution is 8.13. The van der Waals surface area contributed by atoms with Gasteiger partial charge >= 0.3 is 0 Å². The molecule has 15 heavy (non-hydrogen) atoms. The molecule has 82 valence electrons. The van der Waals surface area contributed by atoms with Gasteiger partial charge in [-0.15, -0.1) is 11.8 Å². The molecule has 0 saturated heterocycles. The number of allylic oxidation sites excluding steroid dienone is 1. The quantitative estimate of drug-likeness (QED) is 0.508. The van der Waals surface area contributed by atoms with Gasteiger partial charge in [-0.05, 0) is 24.7 Å². The third-order valence-electron chi connectivity index (χ3n) is 2.06. The smallest absolute Gasteiger partial charge is 0.171 e. The first-order valence-electron chi connectivity index (χ1n) is 4.38. The summed E-state index contributed by atoms with van der Waals surface area (Å²) in [4.78, 5) is 1.01. The molecule has 2 unspecified atom stereocenters. The van der Waals surface area contributed by atoms with Crippen LogP contribution in [0.3, 0.4) is 0 Å². The Kier molecular flexibility index (Phi) is 3.45. The molecule has 0 aromatic heterocycles. The van der Waals surface area contributed by atoms with Crippen molar-refractivity contribution in [3.05, 3.63) is 22.8 Å². The molecular formula is C8H10N2O2S3. The second-order valence-corrected chi connectivity index (χ2v) is 6.15. The zero-order valence-electron chi connectivity index (χ0n) is 7.73. The van der Waals surface area contributed by atoms with Crippen molar-refractivity contribution in [3.63, 3.8) is 0 Å². The minimum absolute atomic E-state index is 0.244. The van der Waals surface area contributed by atoms with E-state index in [0.717, 1.165) is 10.6 Å². The Labute approximate surface area is 99.9 Å². The topological polar surface area (TPSA) is 61.4 Å². The number of hydrogen-bond acceptors (Lipinski definition) is 3. The molecule has 3 N–H and O–H groups in total. The summed E-state index contributed by atoms with van der Waals surface area (Å²) in [6.45, 7) is 0.700. The van der Waals surface area contributed by atoms with Crippen molar-refractivity contribution >= 4 is 40.2 Å². The van der Waals surface area contributed by atoms with Crippen LogP contribution in [0.1, 0.15) is 6.42 Å². The van der Waals surface area contributed by atoms with Crippen LogP contribution in [-0.4, -0.2) is 25.0 Å². The Morgan fingerprint density at radius 2 is 2.40 bits per heavy atom. The number of thiocarbonyl (C=S) groups is 1. The van der Waals surface area contributed by atoms with Crippen molar-refractivity contribution < 1.29 is 8.76 Å². The molecule has 0 saturated carbocycles. The molecule has 2 aliphatic rings. The fourth-order valence-electron chi connectivity index (χ4n) is 1.36. The molecule has 2 atom stereocenters. The van der Waals surface area contributed by atoms with Crippen LogP contribution in [0.2, 0.25) is 0 Å². The van der Waals surface area contributed by atoms with Gasteiger partial charge in [0.15, 0.2) is 16.2 Å². The summed E-state index contributed by atoms with van der Waals surface area (Å²) >= 11 is 4.64. The van der Waals surface area contributed by atoms with E-state index in [4.69, 9.17) is 16.8 Å². The van der Waals surface area contributed by atoms with E-state index >= 15 is 0 Å². The van der Waals surface area contributed by atoms with Crippen LogP contribution < -0.4 is 10.6 Å². The predicted molar refractivity (Wildman–Crippen MR) is 66.7 cm³/mol. The molecular weight excluding hydrogens is 252 g/mol. The Morgan fingerprint density at radius 3 is 3.00 bits per heavy atom. The SMILES string of the molecule is O=S(O)C1CC=C(C2=CCNC(=S)N2)S1. The lowest BCUT2D eigenvalue weighted by molar-refractivity contribution is 0.561. The van der Waals surface area contributed by atoms with E-state index in [1.807, 2.05) is 12.2 Å². The molecule has 0 bridgehead atoms. The van der Waals surface area contributed by atoms with Gasteiger partial charge in [0, 0.05) is 11.4 Å². The average molecular weight is 262 g/mol. The highest BCUT2D eigenvalue weighted by Gasteiger charge is 2.25. The molecule has 0 aromatic rings. The van der Waals surface area contributed by atoms with Crippen LogP contribution in [0, 0.1) is 0 Å². The summed E-state index contributed by atoms with van der Waals surface area (Å²) in [6.07, 6.45) is 4.58. The van der Waals surface area contributed by atoms with E-state index in [2.05, 4.69) is 10.6 Å². The Morgan fingerprint density at radius 1 is 1.60 bits per heavy atom. The van der Waals surface area contributed by atoms with E-state index in [9.17, 15) is 4.21 Å². The number of thioether (sulfide) groups is 1. The molecule has 2 heterocycles. The van der Waals surface area contributed by atoms with Gasteiger partial charge in [-0.3, -0.25) is 0 Å². The molecule has 2 aliphatic heterocycles. The van der Waals surface area contributed by atoms with Crippen LogP contribution in [-0.2, 0) is 11.1 Å². The zero-order valence-corrected chi connectivity index (χ0v) is 10.2. The summed E-state index contributed by atoms with van der Waals surface area (Å²) in [6, 6.07) is 0. The highest BCUT2D eigenvalue weighted by atomic mass is 32.2. The molecule has 2 rings (SSSR count). The highest BCUT2D eigenvalue weighted by Crippen LogP contribution is 2.37. The first-order chi connectivity index (χ1) is 7.16. The maximum Gasteiger partial charge on any atom is 0.171 e. The van der Waals surface area contributed by atoms with Crippen molar-refractivity contribution in [2.75, 3.05) is 6.54 Å².